The lowest BCUT2D eigenvalue weighted by molar-refractivity contribution is 0.0741. The van der Waals surface area contributed by atoms with Gasteiger partial charge in [-0.1, -0.05) is 12.1 Å². The Morgan fingerprint density at radius 2 is 2.00 bits per heavy atom. The number of hydrogen-bond acceptors (Lipinski definition) is 2. The summed E-state index contributed by atoms with van der Waals surface area (Å²) in [6.45, 7) is 3.07. The van der Waals surface area contributed by atoms with Gasteiger partial charge < -0.3 is 9.32 Å². The van der Waals surface area contributed by atoms with Crippen molar-refractivity contribution in [2.75, 3.05) is 6.54 Å². The summed E-state index contributed by atoms with van der Waals surface area (Å²) in [6.07, 6.45) is 1.61. The first-order valence-corrected chi connectivity index (χ1v) is 6.74. The lowest BCUT2D eigenvalue weighted by Crippen LogP contribution is -2.30. The van der Waals surface area contributed by atoms with E-state index in [0.29, 0.717) is 24.5 Å². The van der Waals surface area contributed by atoms with Gasteiger partial charge in [-0.05, 0) is 36.8 Å². The van der Waals surface area contributed by atoms with Crippen LogP contribution < -0.4 is 0 Å². The highest BCUT2D eigenvalue weighted by Crippen LogP contribution is 2.12. The Labute approximate surface area is 117 Å². The van der Waals surface area contributed by atoms with E-state index < -0.39 is 0 Å². The number of furan rings is 1. The van der Waals surface area contributed by atoms with Gasteiger partial charge in [0.05, 0.1) is 12.8 Å². The van der Waals surface area contributed by atoms with Crippen molar-refractivity contribution in [3.63, 3.8) is 0 Å². The molecule has 0 saturated carbocycles. The van der Waals surface area contributed by atoms with Crippen LogP contribution in [0.4, 0.5) is 0 Å². The zero-order chi connectivity index (χ0) is 13.7. The molecule has 0 atom stereocenters. The first kappa shape index (κ1) is 13.7. The molecule has 2 rings (SSSR count). The fraction of sp³-hybridized carbons (Fsp3) is 0.267. The molecule has 2 aromatic rings. The average molecular weight is 278 g/mol. The number of halogens is 1. The molecule has 1 aromatic heterocycles. The molecule has 0 saturated heterocycles. The maximum absolute atomic E-state index is 12.4. The van der Waals surface area contributed by atoms with Crippen molar-refractivity contribution in [1.82, 2.24) is 4.90 Å². The second-order valence-electron chi connectivity index (χ2n) is 4.23. The van der Waals surface area contributed by atoms with Crippen LogP contribution in [0.5, 0.6) is 0 Å². The second kappa shape index (κ2) is 6.43. The molecule has 0 radical (unpaired) electrons. The van der Waals surface area contributed by atoms with Crippen molar-refractivity contribution in [3.05, 3.63) is 59.5 Å². The molecule has 0 bridgehead atoms. The summed E-state index contributed by atoms with van der Waals surface area (Å²) >= 11 is 5.74. The normalized spacial score (nSPS) is 10.4. The minimum atomic E-state index is 0.0000208. The van der Waals surface area contributed by atoms with E-state index >= 15 is 0 Å². The van der Waals surface area contributed by atoms with Crippen molar-refractivity contribution >= 4 is 17.5 Å². The van der Waals surface area contributed by atoms with Gasteiger partial charge in [0.15, 0.2) is 0 Å². The summed E-state index contributed by atoms with van der Waals surface area (Å²) in [7, 11) is 0. The summed E-state index contributed by atoms with van der Waals surface area (Å²) in [5, 5.41) is 0. The summed E-state index contributed by atoms with van der Waals surface area (Å²) in [5.74, 6) is 1.24. The van der Waals surface area contributed by atoms with E-state index in [1.54, 1.807) is 11.2 Å². The Balaban J connectivity index is 2.10. The predicted octanol–water partition coefficient (Wildman–Crippen LogP) is 3.68. The number of nitrogens with zero attached hydrogens (tertiary/aromatic N) is 1. The van der Waals surface area contributed by atoms with Crippen LogP contribution in [0.3, 0.4) is 0 Å². The van der Waals surface area contributed by atoms with Gasteiger partial charge in [-0.25, -0.2) is 0 Å². The van der Waals surface area contributed by atoms with Crippen LogP contribution in [0.1, 0.15) is 28.6 Å². The Bertz CT molecular complexity index is 520. The second-order valence-corrected chi connectivity index (χ2v) is 4.50. The topological polar surface area (TPSA) is 33.5 Å². The van der Waals surface area contributed by atoms with E-state index in [2.05, 4.69) is 0 Å². The first-order valence-electron chi connectivity index (χ1n) is 6.21. The van der Waals surface area contributed by atoms with Crippen molar-refractivity contribution in [1.29, 1.82) is 0 Å². The molecule has 4 heteroatoms. The third-order valence-electron chi connectivity index (χ3n) is 2.95. The molecule has 0 fully saturated rings. The zero-order valence-corrected chi connectivity index (χ0v) is 11.6. The lowest BCUT2D eigenvalue weighted by atomic mass is 10.1. The highest BCUT2D eigenvalue weighted by atomic mass is 35.5. The van der Waals surface area contributed by atoms with Crippen LogP contribution in [-0.4, -0.2) is 17.4 Å². The maximum Gasteiger partial charge on any atom is 0.254 e. The van der Waals surface area contributed by atoms with Gasteiger partial charge in [-0.3, -0.25) is 4.79 Å². The highest BCUT2D eigenvalue weighted by Gasteiger charge is 2.15. The van der Waals surface area contributed by atoms with Gasteiger partial charge >= 0.3 is 0 Å². The third-order valence-corrected chi connectivity index (χ3v) is 3.26. The summed E-state index contributed by atoms with van der Waals surface area (Å²) in [5.41, 5.74) is 1.68. The van der Waals surface area contributed by atoms with Gasteiger partial charge in [0.25, 0.3) is 5.91 Å². The quantitative estimate of drug-likeness (QED) is 0.781. The molecule has 100 valence electrons. The van der Waals surface area contributed by atoms with Crippen LogP contribution >= 0.6 is 11.6 Å². The Kier molecular flexibility index (Phi) is 4.63. The number of rotatable bonds is 5. The molecule has 1 heterocycles. The first-order chi connectivity index (χ1) is 9.24. The molecule has 0 aliphatic rings. The number of amides is 1. The molecule has 19 heavy (non-hydrogen) atoms. The van der Waals surface area contributed by atoms with Gasteiger partial charge in [0.1, 0.15) is 5.76 Å². The molecular weight excluding hydrogens is 262 g/mol. The molecule has 3 nitrogen and oxygen atoms in total. The van der Waals surface area contributed by atoms with Crippen molar-refractivity contribution in [2.45, 2.75) is 19.3 Å². The number of benzene rings is 1. The summed E-state index contributed by atoms with van der Waals surface area (Å²) in [4.78, 5) is 14.1. The summed E-state index contributed by atoms with van der Waals surface area (Å²) < 4.78 is 5.28. The number of hydrogen-bond donors (Lipinski definition) is 0. The van der Waals surface area contributed by atoms with Gasteiger partial charge in [-0.2, -0.15) is 0 Å². The Morgan fingerprint density at radius 3 is 2.53 bits per heavy atom. The highest BCUT2D eigenvalue weighted by molar-refractivity contribution is 6.17. The van der Waals surface area contributed by atoms with Crippen LogP contribution in [0.25, 0.3) is 0 Å². The smallest absolute Gasteiger partial charge is 0.254 e. The molecule has 0 N–H and O–H groups in total. The van der Waals surface area contributed by atoms with Gasteiger partial charge in [0, 0.05) is 18.0 Å². The lowest BCUT2D eigenvalue weighted by Gasteiger charge is -2.19. The molecular formula is C15H16ClNO2. The molecule has 1 aromatic carbocycles. The molecule has 0 aliphatic heterocycles. The third kappa shape index (κ3) is 3.38. The molecule has 0 aliphatic carbocycles. The van der Waals surface area contributed by atoms with E-state index in [0.717, 1.165) is 11.3 Å². The maximum atomic E-state index is 12.4. The van der Waals surface area contributed by atoms with Crippen molar-refractivity contribution < 1.29 is 9.21 Å². The van der Waals surface area contributed by atoms with E-state index in [9.17, 15) is 4.79 Å². The average Bonchev–Trinajstić information content (AvgIpc) is 2.97. The van der Waals surface area contributed by atoms with E-state index in [-0.39, 0.29) is 5.91 Å². The summed E-state index contributed by atoms with van der Waals surface area (Å²) in [6, 6.07) is 11.1. The number of carbonyl (C=O) groups excluding carboxylic acids is 1. The van der Waals surface area contributed by atoms with Crippen LogP contribution in [0.2, 0.25) is 0 Å². The van der Waals surface area contributed by atoms with E-state index in [1.807, 2.05) is 43.3 Å². The molecule has 0 spiro atoms. The fourth-order valence-electron chi connectivity index (χ4n) is 1.84. The minimum absolute atomic E-state index is 0.0000208. The minimum Gasteiger partial charge on any atom is -0.467 e. The molecule has 0 unspecified atom stereocenters. The van der Waals surface area contributed by atoms with Crippen LogP contribution in [0.15, 0.2) is 47.1 Å². The van der Waals surface area contributed by atoms with Crippen LogP contribution in [-0.2, 0) is 12.4 Å². The van der Waals surface area contributed by atoms with E-state index in [1.165, 1.54) is 0 Å². The fourth-order valence-corrected chi connectivity index (χ4v) is 2.02. The molecule has 1 amide bonds. The van der Waals surface area contributed by atoms with Crippen molar-refractivity contribution in [3.8, 4) is 0 Å². The van der Waals surface area contributed by atoms with Gasteiger partial charge in [-0.15, -0.1) is 11.6 Å². The Morgan fingerprint density at radius 1 is 1.26 bits per heavy atom. The zero-order valence-electron chi connectivity index (χ0n) is 10.8. The number of carbonyl (C=O) groups is 1. The SMILES string of the molecule is CCN(Cc1ccco1)C(=O)c1ccc(CCl)cc1. The largest absolute Gasteiger partial charge is 0.467 e. The monoisotopic (exact) mass is 277 g/mol. The number of alkyl halides is 1. The predicted molar refractivity (Wildman–Crippen MR) is 75.1 cm³/mol. The van der Waals surface area contributed by atoms with Crippen molar-refractivity contribution in [2.24, 2.45) is 0 Å². The Hall–Kier alpha value is -1.74. The van der Waals surface area contributed by atoms with E-state index in [4.69, 9.17) is 16.0 Å². The van der Waals surface area contributed by atoms with Gasteiger partial charge in [0.2, 0.25) is 0 Å². The van der Waals surface area contributed by atoms with Crippen LogP contribution in [0, 0.1) is 0 Å². The standard InChI is InChI=1S/C15H16ClNO2/c1-2-17(11-14-4-3-9-19-14)15(18)13-7-5-12(10-16)6-8-13/h3-9H,2,10-11H2,1H3.